The predicted octanol–water partition coefficient (Wildman–Crippen LogP) is 6.28. The highest BCUT2D eigenvalue weighted by Crippen LogP contribution is 2.40. The predicted molar refractivity (Wildman–Crippen MR) is 91.7 cm³/mol. The molecular formula is C13H11Br2Cl2NS. The van der Waals surface area contributed by atoms with Gasteiger partial charge in [0.1, 0.15) is 0 Å². The number of hydrogen-bond acceptors (Lipinski definition) is 2. The van der Waals surface area contributed by atoms with E-state index in [1.54, 1.807) is 11.3 Å². The summed E-state index contributed by atoms with van der Waals surface area (Å²) in [5, 5.41) is 4.91. The summed E-state index contributed by atoms with van der Waals surface area (Å²) in [4.78, 5) is 1.14. The maximum atomic E-state index is 6.39. The number of nitrogens with one attached hydrogen (secondary N) is 1. The van der Waals surface area contributed by atoms with Gasteiger partial charge >= 0.3 is 0 Å². The van der Waals surface area contributed by atoms with Gasteiger partial charge in [-0.25, -0.2) is 0 Å². The fourth-order valence-corrected chi connectivity index (χ4v) is 4.28. The van der Waals surface area contributed by atoms with E-state index in [1.807, 2.05) is 24.3 Å². The highest BCUT2D eigenvalue weighted by molar-refractivity contribution is 9.11. The number of hydrogen-bond donors (Lipinski definition) is 1. The van der Waals surface area contributed by atoms with Gasteiger partial charge in [-0.2, -0.15) is 0 Å². The third kappa shape index (κ3) is 3.55. The lowest BCUT2D eigenvalue weighted by atomic mass is 10.1. The topological polar surface area (TPSA) is 12.0 Å². The molecule has 2 aromatic rings. The van der Waals surface area contributed by atoms with Crippen LogP contribution in [0, 0.1) is 0 Å². The van der Waals surface area contributed by atoms with E-state index in [9.17, 15) is 0 Å². The van der Waals surface area contributed by atoms with Crippen LogP contribution in [0.4, 0.5) is 0 Å². The van der Waals surface area contributed by atoms with Gasteiger partial charge in [0.05, 0.1) is 19.9 Å². The monoisotopic (exact) mass is 441 g/mol. The smallest absolute Gasteiger partial charge is 0.0888 e. The van der Waals surface area contributed by atoms with Gasteiger partial charge in [-0.3, -0.25) is 0 Å². The maximum absolute atomic E-state index is 6.39. The fraction of sp³-hybridized carbons (Fsp3) is 0.231. The summed E-state index contributed by atoms with van der Waals surface area (Å²) in [5.74, 6) is 0. The summed E-state index contributed by atoms with van der Waals surface area (Å²) in [6.45, 7) is 2.92. The van der Waals surface area contributed by atoms with Crippen LogP contribution in [0.5, 0.6) is 0 Å². The lowest BCUT2D eigenvalue weighted by Gasteiger charge is -2.18. The van der Waals surface area contributed by atoms with Crippen molar-refractivity contribution in [2.45, 2.75) is 13.0 Å². The van der Waals surface area contributed by atoms with Crippen LogP contribution >= 0.6 is 66.4 Å². The van der Waals surface area contributed by atoms with Crippen LogP contribution in [0.3, 0.4) is 0 Å². The largest absolute Gasteiger partial charge is 0.306 e. The molecule has 0 aliphatic rings. The highest BCUT2D eigenvalue weighted by atomic mass is 79.9. The quantitative estimate of drug-likeness (QED) is 0.586. The van der Waals surface area contributed by atoms with Crippen molar-refractivity contribution in [1.82, 2.24) is 5.32 Å². The van der Waals surface area contributed by atoms with Crippen molar-refractivity contribution in [2.75, 3.05) is 6.54 Å². The molecule has 0 radical (unpaired) electrons. The lowest BCUT2D eigenvalue weighted by Crippen LogP contribution is -2.21. The molecule has 2 rings (SSSR count). The molecule has 0 aliphatic heterocycles. The highest BCUT2D eigenvalue weighted by Gasteiger charge is 2.20. The van der Waals surface area contributed by atoms with Gasteiger partial charge in [0.2, 0.25) is 0 Å². The first-order valence-corrected chi connectivity index (χ1v) is 8.82. The van der Waals surface area contributed by atoms with E-state index in [1.165, 1.54) is 0 Å². The van der Waals surface area contributed by atoms with Crippen LogP contribution in [0.2, 0.25) is 10.0 Å². The van der Waals surface area contributed by atoms with Gasteiger partial charge in [0, 0.05) is 9.35 Å². The zero-order valence-electron chi connectivity index (χ0n) is 10.0. The minimum atomic E-state index is 0.0452. The molecule has 19 heavy (non-hydrogen) atoms. The van der Waals surface area contributed by atoms with E-state index in [0.29, 0.717) is 0 Å². The first kappa shape index (κ1) is 15.8. The minimum Gasteiger partial charge on any atom is -0.306 e. The van der Waals surface area contributed by atoms with E-state index >= 15 is 0 Å². The molecule has 1 nitrogen and oxygen atoms in total. The second kappa shape index (κ2) is 6.92. The molecule has 0 saturated heterocycles. The molecule has 0 saturated carbocycles. The number of halogens is 4. The fourth-order valence-electron chi connectivity index (χ4n) is 1.82. The van der Waals surface area contributed by atoms with Crippen molar-refractivity contribution in [3.8, 4) is 0 Å². The Morgan fingerprint density at radius 2 is 2.05 bits per heavy atom. The molecule has 1 aromatic carbocycles. The molecule has 1 atom stereocenters. The van der Waals surface area contributed by atoms with Crippen LogP contribution in [0.1, 0.15) is 23.4 Å². The molecule has 1 heterocycles. The zero-order valence-corrected chi connectivity index (χ0v) is 15.5. The summed E-state index contributed by atoms with van der Waals surface area (Å²) in [6.07, 6.45) is 0. The zero-order chi connectivity index (χ0) is 14.0. The molecule has 0 spiro atoms. The molecule has 0 amide bonds. The van der Waals surface area contributed by atoms with Gasteiger partial charge in [0.15, 0.2) is 0 Å². The van der Waals surface area contributed by atoms with Gasteiger partial charge in [-0.1, -0.05) is 42.3 Å². The summed E-state index contributed by atoms with van der Waals surface area (Å²) >= 11 is 21.1. The molecule has 0 fully saturated rings. The minimum absolute atomic E-state index is 0.0452. The maximum Gasteiger partial charge on any atom is 0.0888 e. The van der Waals surface area contributed by atoms with Crippen LogP contribution < -0.4 is 5.32 Å². The molecule has 1 unspecified atom stereocenters. The first-order valence-electron chi connectivity index (χ1n) is 5.66. The Hall–Kier alpha value is 0.420. The van der Waals surface area contributed by atoms with Crippen molar-refractivity contribution < 1.29 is 0 Å². The second-order valence-electron chi connectivity index (χ2n) is 3.90. The molecule has 0 aliphatic carbocycles. The third-order valence-corrected chi connectivity index (χ3v) is 6.50. The van der Waals surface area contributed by atoms with Gasteiger partial charge in [0.25, 0.3) is 0 Å². The summed E-state index contributed by atoms with van der Waals surface area (Å²) in [5.41, 5.74) is 1.04. The van der Waals surface area contributed by atoms with Crippen molar-refractivity contribution >= 4 is 66.4 Å². The van der Waals surface area contributed by atoms with Crippen LogP contribution in [0.15, 0.2) is 32.5 Å². The lowest BCUT2D eigenvalue weighted by molar-refractivity contribution is 0.639. The SMILES string of the molecule is CCNC(c1cc(Cl)c(Br)s1)c1cccc(Br)c1Cl. The van der Waals surface area contributed by atoms with E-state index in [-0.39, 0.29) is 6.04 Å². The van der Waals surface area contributed by atoms with Gasteiger partial charge < -0.3 is 5.32 Å². The standard InChI is InChI=1S/C13H11Br2Cl2NS/c1-2-18-12(10-6-9(16)13(15)19-10)7-4-3-5-8(14)11(7)17/h3-6,12,18H,2H2,1H3. The molecule has 102 valence electrons. The normalized spacial score (nSPS) is 12.7. The first-order chi connectivity index (χ1) is 9.04. The van der Waals surface area contributed by atoms with Crippen molar-refractivity contribution in [3.63, 3.8) is 0 Å². The van der Waals surface area contributed by atoms with Crippen LogP contribution in [0.25, 0.3) is 0 Å². The Kier molecular flexibility index (Phi) is 5.76. The number of benzene rings is 1. The molecule has 0 bridgehead atoms. The molecule has 1 N–H and O–H groups in total. The Labute approximate surface area is 143 Å². The Balaban J connectivity index is 2.48. The van der Waals surface area contributed by atoms with Crippen LogP contribution in [-0.4, -0.2) is 6.54 Å². The third-order valence-electron chi connectivity index (χ3n) is 2.65. The van der Waals surface area contributed by atoms with Gasteiger partial charge in [-0.15, -0.1) is 11.3 Å². The summed E-state index contributed by atoms with van der Waals surface area (Å²) < 4.78 is 1.84. The van der Waals surface area contributed by atoms with E-state index in [2.05, 4.69) is 44.1 Å². The Bertz CT molecular complexity index is 567. The summed E-state index contributed by atoms with van der Waals surface area (Å²) in [7, 11) is 0. The molecule has 1 aromatic heterocycles. The van der Waals surface area contributed by atoms with Crippen LogP contribution in [-0.2, 0) is 0 Å². The van der Waals surface area contributed by atoms with E-state index < -0.39 is 0 Å². The second-order valence-corrected chi connectivity index (χ2v) is 7.95. The summed E-state index contributed by atoms with van der Waals surface area (Å²) in [6, 6.07) is 7.97. The van der Waals surface area contributed by atoms with E-state index in [4.69, 9.17) is 23.2 Å². The van der Waals surface area contributed by atoms with Crippen molar-refractivity contribution in [3.05, 3.63) is 53.0 Å². The Morgan fingerprint density at radius 3 is 2.63 bits per heavy atom. The molecule has 6 heteroatoms. The van der Waals surface area contributed by atoms with E-state index in [0.717, 1.165) is 35.3 Å². The van der Waals surface area contributed by atoms with Gasteiger partial charge in [-0.05, 0) is 56.1 Å². The number of thiophene rings is 1. The molecular weight excluding hydrogens is 433 g/mol. The average Bonchev–Trinajstić information content (AvgIpc) is 2.70. The van der Waals surface area contributed by atoms with Crippen molar-refractivity contribution in [1.29, 1.82) is 0 Å². The van der Waals surface area contributed by atoms with Crippen molar-refractivity contribution in [2.24, 2.45) is 0 Å². The Morgan fingerprint density at radius 1 is 1.32 bits per heavy atom. The average molecular weight is 444 g/mol. The number of rotatable bonds is 4.